The van der Waals surface area contributed by atoms with Gasteiger partial charge in [0, 0.05) is 50.5 Å². The Morgan fingerprint density at radius 2 is 1.55 bits per heavy atom. The molecule has 1 aromatic carbocycles. The van der Waals surface area contributed by atoms with E-state index in [2.05, 4.69) is 19.8 Å². The normalized spacial score (nSPS) is 16.4. The van der Waals surface area contributed by atoms with Crippen LogP contribution in [0.5, 0.6) is 5.75 Å². The van der Waals surface area contributed by atoms with Gasteiger partial charge in [-0.25, -0.2) is 0 Å². The monoisotopic (exact) mass is 390 g/mol. The Morgan fingerprint density at radius 3 is 2.21 bits per heavy atom. The summed E-state index contributed by atoms with van der Waals surface area (Å²) < 4.78 is 5.24. The van der Waals surface area contributed by atoms with Crippen LogP contribution in [0.25, 0.3) is 0 Å². The van der Waals surface area contributed by atoms with E-state index in [4.69, 9.17) is 4.74 Å². The Hall–Kier alpha value is -3.12. The standard InChI is InChI=1S/C23H26N4O2/c1-23(28,18-5-7-20(29-2)8-6-18)22-21(4-3-11-25-22)27-16-14-26(15-17-27)19-9-12-24-13-10-19/h3-13,28H,14-17H2,1-2H3. The molecule has 2 aromatic heterocycles. The number of anilines is 2. The van der Waals surface area contributed by atoms with Gasteiger partial charge in [-0.05, 0) is 48.9 Å². The quantitative estimate of drug-likeness (QED) is 0.723. The maximum absolute atomic E-state index is 11.4. The number of aliphatic hydroxyl groups is 1. The lowest BCUT2D eigenvalue weighted by molar-refractivity contribution is 0.0977. The molecule has 1 N–H and O–H groups in total. The molecule has 6 heteroatoms. The Labute approximate surface area is 171 Å². The van der Waals surface area contributed by atoms with Crippen LogP contribution >= 0.6 is 0 Å². The fourth-order valence-electron chi connectivity index (χ4n) is 3.84. The molecule has 150 valence electrons. The van der Waals surface area contributed by atoms with Crippen molar-refractivity contribution in [2.75, 3.05) is 43.1 Å². The highest BCUT2D eigenvalue weighted by Gasteiger charge is 2.32. The van der Waals surface area contributed by atoms with E-state index in [1.54, 1.807) is 20.2 Å². The second kappa shape index (κ2) is 8.09. The molecular formula is C23H26N4O2. The van der Waals surface area contributed by atoms with Crippen LogP contribution in [0.15, 0.2) is 67.1 Å². The summed E-state index contributed by atoms with van der Waals surface area (Å²) in [5.41, 5.74) is 2.42. The number of rotatable bonds is 5. The molecule has 0 bridgehead atoms. The number of methoxy groups -OCH3 is 1. The number of hydrogen-bond acceptors (Lipinski definition) is 6. The minimum atomic E-state index is -1.20. The Balaban J connectivity index is 1.57. The predicted octanol–water partition coefficient (Wildman–Crippen LogP) is 3.07. The van der Waals surface area contributed by atoms with Gasteiger partial charge in [0.1, 0.15) is 11.4 Å². The van der Waals surface area contributed by atoms with Crippen molar-refractivity contribution in [2.24, 2.45) is 0 Å². The highest BCUT2D eigenvalue weighted by atomic mass is 16.5. The summed E-state index contributed by atoms with van der Waals surface area (Å²) in [6.45, 7) is 5.33. The second-order valence-electron chi connectivity index (χ2n) is 7.35. The number of pyridine rings is 2. The number of hydrogen-bond donors (Lipinski definition) is 1. The highest BCUT2D eigenvalue weighted by molar-refractivity contribution is 5.57. The van der Waals surface area contributed by atoms with Gasteiger partial charge < -0.3 is 19.6 Å². The van der Waals surface area contributed by atoms with E-state index >= 15 is 0 Å². The lowest BCUT2D eigenvalue weighted by atomic mass is 9.90. The van der Waals surface area contributed by atoms with Gasteiger partial charge in [-0.3, -0.25) is 9.97 Å². The predicted molar refractivity (Wildman–Crippen MR) is 115 cm³/mol. The minimum Gasteiger partial charge on any atom is -0.497 e. The fraction of sp³-hybridized carbons (Fsp3) is 0.304. The molecule has 0 saturated carbocycles. The smallest absolute Gasteiger partial charge is 0.131 e. The molecule has 0 spiro atoms. The van der Waals surface area contributed by atoms with Crippen molar-refractivity contribution in [1.82, 2.24) is 9.97 Å². The van der Waals surface area contributed by atoms with Gasteiger partial charge in [-0.1, -0.05) is 12.1 Å². The number of benzene rings is 1. The van der Waals surface area contributed by atoms with E-state index in [1.165, 1.54) is 5.69 Å². The molecule has 3 heterocycles. The van der Waals surface area contributed by atoms with Gasteiger partial charge in [-0.15, -0.1) is 0 Å². The molecular weight excluding hydrogens is 364 g/mol. The average Bonchev–Trinajstić information content (AvgIpc) is 2.80. The first-order valence-electron chi connectivity index (χ1n) is 9.82. The topological polar surface area (TPSA) is 61.7 Å². The van der Waals surface area contributed by atoms with Crippen molar-refractivity contribution < 1.29 is 9.84 Å². The summed E-state index contributed by atoms with van der Waals surface area (Å²) in [4.78, 5) is 13.3. The molecule has 3 aromatic rings. The highest BCUT2D eigenvalue weighted by Crippen LogP contribution is 2.35. The van der Waals surface area contributed by atoms with Crippen molar-refractivity contribution in [3.05, 3.63) is 78.4 Å². The Bertz CT molecular complexity index is 937. The summed E-state index contributed by atoms with van der Waals surface area (Å²) >= 11 is 0. The maximum Gasteiger partial charge on any atom is 0.131 e. The van der Waals surface area contributed by atoms with Gasteiger partial charge in [0.25, 0.3) is 0 Å². The summed E-state index contributed by atoms with van der Waals surface area (Å²) in [6, 6.07) is 15.6. The molecule has 29 heavy (non-hydrogen) atoms. The molecule has 4 rings (SSSR count). The second-order valence-corrected chi connectivity index (χ2v) is 7.35. The molecule has 1 unspecified atom stereocenters. The third-order valence-electron chi connectivity index (χ3n) is 5.55. The SMILES string of the molecule is COc1ccc(C(C)(O)c2ncccc2N2CCN(c3ccncc3)CC2)cc1. The number of nitrogens with zero attached hydrogens (tertiary/aromatic N) is 4. The zero-order valence-electron chi connectivity index (χ0n) is 16.8. The van der Waals surface area contributed by atoms with E-state index in [-0.39, 0.29) is 0 Å². The van der Waals surface area contributed by atoms with Crippen molar-refractivity contribution in [2.45, 2.75) is 12.5 Å². The van der Waals surface area contributed by atoms with Crippen LogP contribution in [0.2, 0.25) is 0 Å². The summed E-state index contributed by atoms with van der Waals surface area (Å²) in [6.07, 6.45) is 5.39. The van der Waals surface area contributed by atoms with Gasteiger partial charge in [0.2, 0.25) is 0 Å². The van der Waals surface area contributed by atoms with Gasteiger partial charge in [-0.2, -0.15) is 0 Å². The Kier molecular flexibility index (Phi) is 5.36. The van der Waals surface area contributed by atoms with Crippen molar-refractivity contribution in [1.29, 1.82) is 0 Å². The molecule has 0 aliphatic carbocycles. The van der Waals surface area contributed by atoms with Crippen LogP contribution < -0.4 is 14.5 Å². The molecule has 1 atom stereocenters. The van der Waals surface area contributed by atoms with Gasteiger partial charge >= 0.3 is 0 Å². The minimum absolute atomic E-state index is 0.669. The van der Waals surface area contributed by atoms with Gasteiger partial charge in [0.05, 0.1) is 18.5 Å². The molecule has 0 radical (unpaired) electrons. The molecule has 1 aliphatic rings. The van der Waals surface area contributed by atoms with E-state index in [9.17, 15) is 5.11 Å². The largest absolute Gasteiger partial charge is 0.497 e. The molecule has 6 nitrogen and oxygen atoms in total. The lowest BCUT2D eigenvalue weighted by Crippen LogP contribution is -2.47. The molecule has 0 amide bonds. The van der Waals surface area contributed by atoms with E-state index in [1.807, 2.05) is 60.9 Å². The van der Waals surface area contributed by atoms with Gasteiger partial charge in [0.15, 0.2) is 0 Å². The van der Waals surface area contributed by atoms with E-state index in [0.717, 1.165) is 43.2 Å². The van der Waals surface area contributed by atoms with Crippen LogP contribution in [-0.2, 0) is 5.60 Å². The first-order chi connectivity index (χ1) is 14.1. The molecule has 1 aliphatic heterocycles. The first kappa shape index (κ1) is 19.2. The average molecular weight is 390 g/mol. The summed E-state index contributed by atoms with van der Waals surface area (Å²) in [7, 11) is 1.63. The number of aromatic nitrogens is 2. The first-order valence-corrected chi connectivity index (χ1v) is 9.82. The third-order valence-corrected chi connectivity index (χ3v) is 5.55. The zero-order chi connectivity index (χ0) is 20.3. The number of ether oxygens (including phenoxy) is 1. The number of piperazine rings is 1. The van der Waals surface area contributed by atoms with Crippen LogP contribution in [0.3, 0.4) is 0 Å². The summed E-state index contributed by atoms with van der Waals surface area (Å²) in [5, 5.41) is 11.4. The van der Waals surface area contributed by atoms with Crippen LogP contribution in [0.1, 0.15) is 18.2 Å². The Morgan fingerprint density at radius 1 is 0.897 bits per heavy atom. The van der Waals surface area contributed by atoms with Crippen LogP contribution in [0.4, 0.5) is 11.4 Å². The molecule has 1 saturated heterocycles. The van der Waals surface area contributed by atoms with Crippen molar-refractivity contribution in [3.8, 4) is 5.75 Å². The third kappa shape index (κ3) is 3.89. The summed E-state index contributed by atoms with van der Waals surface area (Å²) in [5.74, 6) is 0.762. The van der Waals surface area contributed by atoms with E-state index in [0.29, 0.717) is 5.69 Å². The van der Waals surface area contributed by atoms with Crippen molar-refractivity contribution in [3.63, 3.8) is 0 Å². The van der Waals surface area contributed by atoms with Crippen molar-refractivity contribution >= 4 is 11.4 Å². The van der Waals surface area contributed by atoms with Crippen LogP contribution in [-0.4, -0.2) is 48.4 Å². The van der Waals surface area contributed by atoms with E-state index < -0.39 is 5.60 Å². The maximum atomic E-state index is 11.4. The molecule has 1 fully saturated rings. The fourth-order valence-corrected chi connectivity index (χ4v) is 3.84. The zero-order valence-corrected chi connectivity index (χ0v) is 16.8. The lowest BCUT2D eigenvalue weighted by Gasteiger charge is -2.39. The van der Waals surface area contributed by atoms with Crippen LogP contribution in [0, 0.1) is 0 Å².